The molecule has 0 aliphatic carbocycles. The Balaban J connectivity index is 3.83. The molecule has 0 radical (unpaired) electrons. The monoisotopic (exact) mass is 374 g/mol. The Morgan fingerprint density at radius 3 is 1.85 bits per heavy atom. The van der Waals surface area contributed by atoms with Gasteiger partial charge in [-0.2, -0.15) is 0 Å². The summed E-state index contributed by atoms with van der Waals surface area (Å²) in [7, 11) is 0. The van der Waals surface area contributed by atoms with Crippen LogP contribution in [0.25, 0.3) is 0 Å². The molecular formula is C23H34O4. The van der Waals surface area contributed by atoms with Gasteiger partial charge in [-0.3, -0.25) is 0 Å². The second-order valence-electron chi connectivity index (χ2n) is 5.95. The summed E-state index contributed by atoms with van der Waals surface area (Å²) in [5.41, 5.74) is 0. The third kappa shape index (κ3) is 18.4. The summed E-state index contributed by atoms with van der Waals surface area (Å²) in [5, 5.41) is 17.6. The van der Waals surface area contributed by atoms with E-state index in [9.17, 15) is 4.79 Å². The number of ether oxygens (including phenoxy) is 1. The van der Waals surface area contributed by atoms with Gasteiger partial charge in [0.05, 0.1) is 13.2 Å². The maximum Gasteiger partial charge on any atom is 0.331 e. The Labute approximate surface area is 163 Å². The minimum Gasteiger partial charge on any atom is -0.454 e. The van der Waals surface area contributed by atoms with E-state index in [0.717, 1.165) is 6.42 Å². The van der Waals surface area contributed by atoms with Crippen LogP contribution in [0.5, 0.6) is 0 Å². The molecule has 4 heteroatoms. The van der Waals surface area contributed by atoms with Crippen LogP contribution in [-0.2, 0) is 9.53 Å². The number of unbranched alkanes of at least 4 members (excludes halogenated alkanes) is 5. The Morgan fingerprint density at radius 2 is 1.30 bits per heavy atom. The smallest absolute Gasteiger partial charge is 0.331 e. The number of carbonyl (C=O) groups is 1. The fourth-order valence-electron chi connectivity index (χ4n) is 2.02. The van der Waals surface area contributed by atoms with Crippen molar-refractivity contribution in [1.82, 2.24) is 0 Å². The highest BCUT2D eigenvalue weighted by Gasteiger charge is 2.08. The molecule has 0 aromatic heterocycles. The summed E-state index contributed by atoms with van der Waals surface area (Å²) in [6, 6.07) is 0. The SMILES string of the molecule is CCCCCCCC=CC=CC=CC=CC=CC=CC(=O)OC(CO)CO. The van der Waals surface area contributed by atoms with Crippen LogP contribution in [0.1, 0.15) is 45.4 Å². The molecule has 0 rings (SSSR count). The van der Waals surface area contributed by atoms with Crippen LogP contribution in [0.15, 0.2) is 72.9 Å². The summed E-state index contributed by atoms with van der Waals surface area (Å²) < 4.78 is 4.78. The molecule has 0 aromatic rings. The van der Waals surface area contributed by atoms with Gasteiger partial charge in [0, 0.05) is 6.08 Å². The van der Waals surface area contributed by atoms with Gasteiger partial charge in [-0.25, -0.2) is 4.79 Å². The first kappa shape index (κ1) is 24.8. The van der Waals surface area contributed by atoms with Crippen LogP contribution in [0.3, 0.4) is 0 Å². The van der Waals surface area contributed by atoms with Crippen LogP contribution >= 0.6 is 0 Å². The summed E-state index contributed by atoms with van der Waals surface area (Å²) in [6.45, 7) is 1.43. The minimum atomic E-state index is -0.871. The average molecular weight is 375 g/mol. The standard InChI is InChI=1S/C23H34O4/c1-2-3-4-5-6-7-8-9-10-11-12-13-14-15-16-17-18-19-23(26)27-22(20-24)21-25/h8-19,22,24-25H,2-7,20-21H2,1H3. The number of hydrogen-bond donors (Lipinski definition) is 2. The summed E-state index contributed by atoms with van der Waals surface area (Å²) in [4.78, 5) is 11.3. The van der Waals surface area contributed by atoms with Gasteiger partial charge >= 0.3 is 5.97 Å². The number of hydrogen-bond acceptors (Lipinski definition) is 4. The topological polar surface area (TPSA) is 66.8 Å². The molecule has 0 atom stereocenters. The molecule has 0 fully saturated rings. The molecule has 4 nitrogen and oxygen atoms in total. The van der Waals surface area contributed by atoms with Gasteiger partial charge < -0.3 is 14.9 Å². The normalized spacial score (nSPS) is 13.0. The van der Waals surface area contributed by atoms with Gasteiger partial charge in [0.1, 0.15) is 6.10 Å². The highest BCUT2D eigenvalue weighted by molar-refractivity contribution is 5.82. The first-order chi connectivity index (χ1) is 13.2. The van der Waals surface area contributed by atoms with Crippen molar-refractivity contribution in [2.24, 2.45) is 0 Å². The van der Waals surface area contributed by atoms with Crippen molar-refractivity contribution in [1.29, 1.82) is 0 Å². The maximum atomic E-state index is 11.3. The zero-order chi connectivity index (χ0) is 20.0. The molecule has 0 amide bonds. The van der Waals surface area contributed by atoms with Gasteiger partial charge in [-0.15, -0.1) is 0 Å². The largest absolute Gasteiger partial charge is 0.454 e. The zero-order valence-electron chi connectivity index (χ0n) is 16.4. The molecule has 0 aliphatic rings. The Morgan fingerprint density at radius 1 is 0.778 bits per heavy atom. The van der Waals surface area contributed by atoms with E-state index in [1.807, 2.05) is 36.5 Å². The molecule has 0 spiro atoms. The third-order valence-electron chi connectivity index (χ3n) is 3.53. The molecule has 27 heavy (non-hydrogen) atoms. The number of rotatable bonds is 15. The van der Waals surface area contributed by atoms with E-state index in [-0.39, 0.29) is 0 Å². The minimum absolute atomic E-state index is 0.399. The highest BCUT2D eigenvalue weighted by Crippen LogP contribution is 2.05. The van der Waals surface area contributed by atoms with E-state index in [0.29, 0.717) is 0 Å². The average Bonchev–Trinajstić information content (AvgIpc) is 2.68. The van der Waals surface area contributed by atoms with Crippen molar-refractivity contribution >= 4 is 5.97 Å². The maximum absolute atomic E-state index is 11.3. The number of esters is 1. The van der Waals surface area contributed by atoms with Crippen molar-refractivity contribution in [3.63, 3.8) is 0 Å². The van der Waals surface area contributed by atoms with Gasteiger partial charge in [0.25, 0.3) is 0 Å². The first-order valence-electron chi connectivity index (χ1n) is 9.66. The highest BCUT2D eigenvalue weighted by atomic mass is 16.6. The van der Waals surface area contributed by atoms with Crippen molar-refractivity contribution in [3.8, 4) is 0 Å². The first-order valence-corrected chi connectivity index (χ1v) is 9.66. The number of carbonyl (C=O) groups excluding carboxylic acids is 1. The Bertz CT molecular complexity index is 520. The van der Waals surface area contributed by atoms with Crippen LogP contribution in [-0.4, -0.2) is 35.5 Å². The summed E-state index contributed by atoms with van der Waals surface area (Å²) >= 11 is 0. The second-order valence-corrected chi connectivity index (χ2v) is 5.95. The molecule has 2 N–H and O–H groups in total. The van der Waals surface area contributed by atoms with E-state index in [1.54, 1.807) is 12.2 Å². The fraction of sp³-hybridized carbons (Fsp3) is 0.435. The molecule has 0 bridgehead atoms. The lowest BCUT2D eigenvalue weighted by molar-refractivity contribution is -0.147. The van der Waals surface area contributed by atoms with Gasteiger partial charge in [-0.1, -0.05) is 99.4 Å². The van der Waals surface area contributed by atoms with Gasteiger partial charge in [0.2, 0.25) is 0 Å². The van der Waals surface area contributed by atoms with Crippen molar-refractivity contribution in [2.45, 2.75) is 51.6 Å². The second kappa shape index (κ2) is 20.1. The lowest BCUT2D eigenvalue weighted by Gasteiger charge is -2.09. The van der Waals surface area contributed by atoms with Gasteiger partial charge in [-0.05, 0) is 12.8 Å². The predicted octanol–water partition coefficient (Wildman–Crippen LogP) is 4.58. The van der Waals surface area contributed by atoms with Crippen LogP contribution in [0, 0.1) is 0 Å². The van der Waals surface area contributed by atoms with Crippen LogP contribution in [0.4, 0.5) is 0 Å². The fourth-order valence-corrected chi connectivity index (χ4v) is 2.02. The van der Waals surface area contributed by atoms with Crippen LogP contribution in [0.2, 0.25) is 0 Å². The summed E-state index contributed by atoms with van der Waals surface area (Å²) in [5.74, 6) is -0.601. The predicted molar refractivity (Wildman–Crippen MR) is 112 cm³/mol. The van der Waals surface area contributed by atoms with Gasteiger partial charge in [0.15, 0.2) is 0 Å². The number of aliphatic hydroxyl groups is 2. The van der Waals surface area contributed by atoms with Crippen molar-refractivity contribution < 1.29 is 19.7 Å². The Kier molecular flexibility index (Phi) is 18.5. The van der Waals surface area contributed by atoms with E-state index in [2.05, 4.69) is 19.1 Å². The van der Waals surface area contributed by atoms with E-state index in [1.165, 1.54) is 44.3 Å². The third-order valence-corrected chi connectivity index (χ3v) is 3.53. The Hall–Kier alpha value is -2.17. The van der Waals surface area contributed by atoms with Crippen molar-refractivity contribution in [3.05, 3.63) is 72.9 Å². The molecule has 0 heterocycles. The molecule has 150 valence electrons. The number of aliphatic hydroxyl groups excluding tert-OH is 2. The molecule has 0 unspecified atom stereocenters. The lowest BCUT2D eigenvalue weighted by Crippen LogP contribution is -2.24. The zero-order valence-corrected chi connectivity index (χ0v) is 16.4. The molecule has 0 aromatic carbocycles. The van der Waals surface area contributed by atoms with Crippen molar-refractivity contribution in [2.75, 3.05) is 13.2 Å². The summed E-state index contributed by atoms with van der Waals surface area (Å²) in [6.07, 6.45) is 29.0. The van der Waals surface area contributed by atoms with Crippen LogP contribution < -0.4 is 0 Å². The van der Waals surface area contributed by atoms with E-state index >= 15 is 0 Å². The quantitative estimate of drug-likeness (QED) is 0.191. The van der Waals surface area contributed by atoms with E-state index < -0.39 is 25.3 Å². The molecule has 0 aliphatic heterocycles. The molecule has 0 saturated heterocycles. The number of allylic oxidation sites excluding steroid dienone is 11. The lowest BCUT2D eigenvalue weighted by atomic mass is 10.1. The van der Waals surface area contributed by atoms with E-state index in [4.69, 9.17) is 14.9 Å². The molecule has 0 saturated carbocycles. The molecular weight excluding hydrogens is 340 g/mol.